The standard InChI is InChI=1S/C9H13NO/c1-3-4-8(10)9-6-5-7(2)11-9/h3,5-6,8H,1,4,10H2,2H3/t8-/m0/s1. The molecule has 0 bridgehead atoms. The fourth-order valence-corrected chi connectivity index (χ4v) is 0.948. The fraction of sp³-hybridized carbons (Fsp3) is 0.333. The Labute approximate surface area is 66.7 Å². The zero-order chi connectivity index (χ0) is 8.27. The van der Waals surface area contributed by atoms with E-state index in [0.29, 0.717) is 0 Å². The van der Waals surface area contributed by atoms with E-state index in [0.717, 1.165) is 17.9 Å². The summed E-state index contributed by atoms with van der Waals surface area (Å²) in [5, 5.41) is 0. The van der Waals surface area contributed by atoms with Gasteiger partial charge in [-0.3, -0.25) is 0 Å². The topological polar surface area (TPSA) is 39.2 Å². The largest absolute Gasteiger partial charge is 0.465 e. The van der Waals surface area contributed by atoms with Crippen LogP contribution in [-0.2, 0) is 0 Å². The lowest BCUT2D eigenvalue weighted by molar-refractivity contribution is 0.447. The first-order valence-corrected chi connectivity index (χ1v) is 3.67. The highest BCUT2D eigenvalue weighted by atomic mass is 16.3. The summed E-state index contributed by atoms with van der Waals surface area (Å²) in [6.07, 6.45) is 2.55. The average molecular weight is 151 g/mol. The molecule has 0 spiro atoms. The highest BCUT2D eigenvalue weighted by molar-refractivity contribution is 5.09. The van der Waals surface area contributed by atoms with Crippen LogP contribution in [0.1, 0.15) is 24.0 Å². The van der Waals surface area contributed by atoms with E-state index in [-0.39, 0.29) is 6.04 Å². The van der Waals surface area contributed by atoms with Crippen molar-refractivity contribution in [1.29, 1.82) is 0 Å². The van der Waals surface area contributed by atoms with Crippen LogP contribution in [0.4, 0.5) is 0 Å². The molecule has 1 atom stereocenters. The van der Waals surface area contributed by atoms with E-state index in [4.69, 9.17) is 10.2 Å². The van der Waals surface area contributed by atoms with Crippen LogP contribution in [0.5, 0.6) is 0 Å². The molecule has 0 aliphatic rings. The Balaban J connectivity index is 2.67. The quantitative estimate of drug-likeness (QED) is 0.672. The van der Waals surface area contributed by atoms with Crippen molar-refractivity contribution in [1.82, 2.24) is 0 Å². The summed E-state index contributed by atoms with van der Waals surface area (Å²) in [6.45, 7) is 5.52. The van der Waals surface area contributed by atoms with Crippen molar-refractivity contribution in [3.63, 3.8) is 0 Å². The highest BCUT2D eigenvalue weighted by Gasteiger charge is 2.06. The molecule has 1 rings (SSSR count). The molecule has 1 aromatic heterocycles. The maximum atomic E-state index is 5.75. The summed E-state index contributed by atoms with van der Waals surface area (Å²) in [5.41, 5.74) is 5.75. The molecular weight excluding hydrogens is 138 g/mol. The second-order valence-corrected chi connectivity index (χ2v) is 2.58. The predicted octanol–water partition coefficient (Wildman–Crippen LogP) is 2.16. The maximum Gasteiger partial charge on any atom is 0.121 e. The Kier molecular flexibility index (Phi) is 2.49. The van der Waals surface area contributed by atoms with Crippen molar-refractivity contribution in [3.8, 4) is 0 Å². The maximum absolute atomic E-state index is 5.75. The molecule has 0 saturated carbocycles. The minimum atomic E-state index is -0.0406. The van der Waals surface area contributed by atoms with Gasteiger partial charge in [0.1, 0.15) is 11.5 Å². The van der Waals surface area contributed by atoms with E-state index >= 15 is 0 Å². The average Bonchev–Trinajstić information content (AvgIpc) is 2.36. The van der Waals surface area contributed by atoms with Gasteiger partial charge in [0, 0.05) is 0 Å². The van der Waals surface area contributed by atoms with Crippen LogP contribution in [0, 0.1) is 6.92 Å². The molecule has 2 nitrogen and oxygen atoms in total. The van der Waals surface area contributed by atoms with Gasteiger partial charge < -0.3 is 10.2 Å². The first-order chi connectivity index (χ1) is 5.24. The molecule has 2 N–H and O–H groups in total. The zero-order valence-corrected chi connectivity index (χ0v) is 6.71. The third-order valence-electron chi connectivity index (χ3n) is 1.55. The van der Waals surface area contributed by atoms with Gasteiger partial charge in [0.25, 0.3) is 0 Å². The van der Waals surface area contributed by atoms with Gasteiger partial charge in [-0.1, -0.05) is 6.08 Å². The predicted molar refractivity (Wildman–Crippen MR) is 45.2 cm³/mol. The summed E-state index contributed by atoms with van der Waals surface area (Å²) in [4.78, 5) is 0. The molecule has 0 aliphatic heterocycles. The second-order valence-electron chi connectivity index (χ2n) is 2.58. The number of hydrogen-bond acceptors (Lipinski definition) is 2. The molecule has 0 aromatic carbocycles. The van der Waals surface area contributed by atoms with E-state index < -0.39 is 0 Å². The van der Waals surface area contributed by atoms with Gasteiger partial charge in [0.15, 0.2) is 0 Å². The van der Waals surface area contributed by atoms with Crippen molar-refractivity contribution < 1.29 is 4.42 Å². The lowest BCUT2D eigenvalue weighted by Crippen LogP contribution is -2.07. The Morgan fingerprint density at radius 3 is 2.91 bits per heavy atom. The van der Waals surface area contributed by atoms with Crippen molar-refractivity contribution in [2.24, 2.45) is 5.73 Å². The van der Waals surface area contributed by atoms with Crippen molar-refractivity contribution in [2.75, 3.05) is 0 Å². The molecule has 1 heterocycles. The normalized spacial score (nSPS) is 12.9. The molecule has 1 aromatic rings. The van der Waals surface area contributed by atoms with Crippen LogP contribution in [-0.4, -0.2) is 0 Å². The molecule has 0 unspecified atom stereocenters. The third kappa shape index (κ3) is 1.95. The first-order valence-electron chi connectivity index (χ1n) is 3.67. The zero-order valence-electron chi connectivity index (χ0n) is 6.71. The van der Waals surface area contributed by atoms with Crippen molar-refractivity contribution in [3.05, 3.63) is 36.3 Å². The van der Waals surface area contributed by atoms with Crippen molar-refractivity contribution in [2.45, 2.75) is 19.4 Å². The molecule has 0 fully saturated rings. The Hall–Kier alpha value is -1.02. The number of hydrogen-bond donors (Lipinski definition) is 1. The van der Waals surface area contributed by atoms with Gasteiger partial charge in [0.2, 0.25) is 0 Å². The molecule has 0 saturated heterocycles. The summed E-state index contributed by atoms with van der Waals surface area (Å²) in [7, 11) is 0. The molecular formula is C9H13NO. The number of nitrogens with two attached hydrogens (primary N) is 1. The van der Waals surface area contributed by atoms with Gasteiger partial charge in [-0.25, -0.2) is 0 Å². The number of rotatable bonds is 3. The third-order valence-corrected chi connectivity index (χ3v) is 1.55. The van der Waals surface area contributed by atoms with Crippen LogP contribution in [0.25, 0.3) is 0 Å². The van der Waals surface area contributed by atoms with Crippen LogP contribution >= 0.6 is 0 Å². The summed E-state index contributed by atoms with van der Waals surface area (Å²) < 4.78 is 5.33. The first kappa shape index (κ1) is 8.08. The number of aryl methyl sites for hydroxylation is 1. The van der Waals surface area contributed by atoms with Crippen LogP contribution in [0.2, 0.25) is 0 Å². The van der Waals surface area contributed by atoms with E-state index in [1.807, 2.05) is 19.1 Å². The van der Waals surface area contributed by atoms with Gasteiger partial charge in [-0.05, 0) is 25.5 Å². The van der Waals surface area contributed by atoms with Crippen LogP contribution in [0.15, 0.2) is 29.2 Å². The lowest BCUT2D eigenvalue weighted by Gasteiger charge is -2.03. The smallest absolute Gasteiger partial charge is 0.121 e. The second kappa shape index (κ2) is 3.39. The van der Waals surface area contributed by atoms with Gasteiger partial charge >= 0.3 is 0 Å². The minimum Gasteiger partial charge on any atom is -0.465 e. The van der Waals surface area contributed by atoms with Gasteiger partial charge in [0.05, 0.1) is 6.04 Å². The lowest BCUT2D eigenvalue weighted by atomic mass is 10.2. The Morgan fingerprint density at radius 1 is 1.73 bits per heavy atom. The molecule has 0 aliphatic carbocycles. The number of furan rings is 1. The van der Waals surface area contributed by atoms with Crippen molar-refractivity contribution >= 4 is 0 Å². The SMILES string of the molecule is C=CC[C@H](N)c1ccc(C)o1. The molecule has 0 radical (unpaired) electrons. The Bertz CT molecular complexity index is 239. The van der Waals surface area contributed by atoms with E-state index in [9.17, 15) is 0 Å². The van der Waals surface area contributed by atoms with E-state index in [1.54, 1.807) is 6.08 Å². The fourth-order valence-electron chi connectivity index (χ4n) is 0.948. The summed E-state index contributed by atoms with van der Waals surface area (Å²) >= 11 is 0. The molecule has 60 valence electrons. The van der Waals surface area contributed by atoms with E-state index in [1.165, 1.54) is 0 Å². The molecule has 2 heteroatoms. The summed E-state index contributed by atoms with van der Waals surface area (Å²) in [6, 6.07) is 3.78. The minimum absolute atomic E-state index is 0.0406. The molecule has 11 heavy (non-hydrogen) atoms. The van der Waals surface area contributed by atoms with Crippen LogP contribution in [0.3, 0.4) is 0 Å². The highest BCUT2D eigenvalue weighted by Crippen LogP contribution is 2.16. The van der Waals surface area contributed by atoms with E-state index in [2.05, 4.69) is 6.58 Å². The molecule has 0 amide bonds. The summed E-state index contributed by atoms with van der Waals surface area (Å²) in [5.74, 6) is 1.74. The van der Waals surface area contributed by atoms with Gasteiger partial charge in [-0.2, -0.15) is 0 Å². The monoisotopic (exact) mass is 151 g/mol. The van der Waals surface area contributed by atoms with Gasteiger partial charge in [-0.15, -0.1) is 6.58 Å². The van der Waals surface area contributed by atoms with Crippen LogP contribution < -0.4 is 5.73 Å². The Morgan fingerprint density at radius 2 is 2.45 bits per heavy atom.